The zero-order chi connectivity index (χ0) is 33.7. The first-order chi connectivity index (χ1) is 21.7. The molecule has 1 aliphatic carbocycles. The number of aryl methyl sites for hydroxylation is 2. The number of methoxy groups -OCH3 is 1. The zero-order valence-electron chi connectivity index (χ0n) is 28.1. The zero-order valence-corrected chi connectivity index (χ0v) is 28.1. The fourth-order valence-electron chi connectivity index (χ4n) is 6.42. The molecule has 2 aliphatic rings. The molecule has 1 saturated heterocycles. The van der Waals surface area contributed by atoms with E-state index in [1.807, 2.05) is 6.07 Å². The summed E-state index contributed by atoms with van der Waals surface area (Å²) in [5.41, 5.74) is 4.07. The predicted molar refractivity (Wildman–Crippen MR) is 178 cm³/mol. The van der Waals surface area contributed by atoms with Gasteiger partial charge in [0.1, 0.15) is 11.6 Å². The van der Waals surface area contributed by atoms with Crippen LogP contribution < -0.4 is 0 Å². The maximum Gasteiger partial charge on any atom is 0.257 e. The van der Waals surface area contributed by atoms with Gasteiger partial charge >= 0.3 is 0 Å². The number of hydrogen-bond acceptors (Lipinski definition) is 5. The van der Waals surface area contributed by atoms with Crippen LogP contribution in [0, 0.1) is 24.1 Å². The standard InChI is InChI=1S/C28H35FN2O2.C10H14F2O/c1-18-12-26-25(15-21(18)7-5-6-20-10-11-33-19(2)13-20)30-17-27(31-26)22-8-9-23(24(29)14-22)16-28(3,4)32;1-4-5-8(13-3)10(6-7-10)9(2,11)12/h8-9,12,14-15,17,19-20,32H,5-7,10-11,13,16H2,1-4H3;4-5H,1,6-7H2,2-3H3/b;8-5-/t19-,20?;/m1./s1. The van der Waals surface area contributed by atoms with Crippen LogP contribution in [0.2, 0.25) is 0 Å². The Morgan fingerprint density at radius 2 is 1.89 bits per heavy atom. The maximum absolute atomic E-state index is 14.6. The first-order valence-electron chi connectivity index (χ1n) is 16.3. The summed E-state index contributed by atoms with van der Waals surface area (Å²) in [5.74, 6) is -1.93. The van der Waals surface area contributed by atoms with Crippen LogP contribution >= 0.6 is 0 Å². The Morgan fingerprint density at radius 1 is 1.15 bits per heavy atom. The number of halogens is 3. The average molecular weight is 639 g/mol. The molecule has 2 fully saturated rings. The fraction of sp³-hybridized carbons (Fsp3) is 0.526. The fourth-order valence-corrected chi connectivity index (χ4v) is 6.42. The van der Waals surface area contributed by atoms with Crippen LogP contribution in [0.1, 0.15) is 82.9 Å². The second-order valence-electron chi connectivity index (χ2n) is 13.7. The third kappa shape index (κ3) is 8.97. The highest BCUT2D eigenvalue weighted by molar-refractivity contribution is 5.79. The van der Waals surface area contributed by atoms with Crippen molar-refractivity contribution in [3.63, 3.8) is 0 Å². The SMILES string of the molecule is C=C/C=C(\OC)C1(C(C)(F)F)CC1.Cc1cc2nc(-c3ccc(CC(C)(C)O)c(F)c3)cnc2cc1CCCC1CCO[C@H](C)C1. The molecule has 5 rings (SSSR count). The van der Waals surface area contributed by atoms with E-state index in [0.717, 1.165) is 36.9 Å². The molecule has 2 aromatic carbocycles. The van der Waals surface area contributed by atoms with Gasteiger partial charge in [-0.25, -0.2) is 18.2 Å². The van der Waals surface area contributed by atoms with Crippen molar-refractivity contribution >= 4 is 11.0 Å². The summed E-state index contributed by atoms with van der Waals surface area (Å²) in [6, 6.07) is 9.30. The first kappa shape index (κ1) is 35.6. The van der Waals surface area contributed by atoms with Gasteiger partial charge < -0.3 is 14.6 Å². The van der Waals surface area contributed by atoms with Gasteiger partial charge in [-0.05, 0) is 120 Å². The minimum atomic E-state index is -2.71. The second kappa shape index (κ2) is 14.7. The van der Waals surface area contributed by atoms with E-state index in [-0.39, 0.29) is 12.2 Å². The van der Waals surface area contributed by atoms with E-state index < -0.39 is 16.9 Å². The summed E-state index contributed by atoms with van der Waals surface area (Å²) in [5, 5.41) is 9.99. The van der Waals surface area contributed by atoms with Crippen molar-refractivity contribution in [1.82, 2.24) is 9.97 Å². The van der Waals surface area contributed by atoms with Crippen molar-refractivity contribution in [2.45, 2.75) is 104 Å². The molecule has 3 aromatic rings. The Labute approximate surface area is 272 Å². The van der Waals surface area contributed by atoms with E-state index >= 15 is 0 Å². The number of ether oxygens (including phenoxy) is 2. The molecule has 2 heterocycles. The molecule has 0 radical (unpaired) electrons. The van der Waals surface area contributed by atoms with Crippen molar-refractivity contribution < 1.29 is 27.8 Å². The Bertz CT molecular complexity index is 1540. The monoisotopic (exact) mass is 638 g/mol. The van der Waals surface area contributed by atoms with E-state index in [4.69, 9.17) is 14.5 Å². The lowest BCUT2D eigenvalue weighted by molar-refractivity contribution is -0.0564. The summed E-state index contributed by atoms with van der Waals surface area (Å²) >= 11 is 0. The van der Waals surface area contributed by atoms with E-state index in [0.29, 0.717) is 41.5 Å². The summed E-state index contributed by atoms with van der Waals surface area (Å²) in [6.45, 7) is 13.0. The number of aromatic nitrogens is 2. The molecule has 250 valence electrons. The first-order valence-corrected chi connectivity index (χ1v) is 16.3. The molecule has 1 aromatic heterocycles. The van der Waals surface area contributed by atoms with Crippen LogP contribution in [-0.4, -0.2) is 46.4 Å². The summed E-state index contributed by atoms with van der Waals surface area (Å²) in [7, 11) is 1.42. The third-order valence-electron chi connectivity index (χ3n) is 9.18. The molecule has 8 heteroatoms. The number of allylic oxidation sites excluding steroid dienone is 3. The topological polar surface area (TPSA) is 64.5 Å². The van der Waals surface area contributed by atoms with E-state index in [1.54, 1.807) is 26.1 Å². The third-order valence-corrected chi connectivity index (χ3v) is 9.18. The normalized spacial score (nSPS) is 19.7. The van der Waals surface area contributed by atoms with E-state index in [9.17, 15) is 18.3 Å². The molecule has 5 nitrogen and oxygen atoms in total. The van der Waals surface area contributed by atoms with Gasteiger partial charge in [0.15, 0.2) is 0 Å². The minimum Gasteiger partial charge on any atom is -0.500 e. The van der Waals surface area contributed by atoms with Crippen LogP contribution in [0.25, 0.3) is 22.3 Å². The highest BCUT2D eigenvalue weighted by Gasteiger charge is 2.62. The number of aliphatic hydroxyl groups is 1. The lowest BCUT2D eigenvalue weighted by Gasteiger charge is -2.27. The Kier molecular flexibility index (Phi) is 11.4. The van der Waals surface area contributed by atoms with Gasteiger partial charge in [0.05, 0.1) is 47.2 Å². The van der Waals surface area contributed by atoms with E-state index in [1.165, 1.54) is 62.1 Å². The van der Waals surface area contributed by atoms with Gasteiger partial charge in [-0.2, -0.15) is 0 Å². The number of fused-ring (bicyclic) bond motifs is 1. The molecule has 46 heavy (non-hydrogen) atoms. The highest BCUT2D eigenvalue weighted by atomic mass is 19.3. The van der Waals surface area contributed by atoms with Gasteiger partial charge in [0, 0.05) is 25.5 Å². The molecule has 0 amide bonds. The van der Waals surface area contributed by atoms with Gasteiger partial charge in [0.2, 0.25) is 0 Å². The lowest BCUT2D eigenvalue weighted by atomic mass is 9.90. The summed E-state index contributed by atoms with van der Waals surface area (Å²) in [4.78, 5) is 9.40. The second-order valence-corrected chi connectivity index (χ2v) is 13.7. The number of benzene rings is 2. The van der Waals surface area contributed by atoms with Crippen LogP contribution in [-0.2, 0) is 22.3 Å². The Morgan fingerprint density at radius 3 is 2.48 bits per heavy atom. The average Bonchev–Trinajstić information content (AvgIpc) is 3.79. The van der Waals surface area contributed by atoms with Crippen LogP contribution in [0.3, 0.4) is 0 Å². The molecule has 0 bridgehead atoms. The van der Waals surface area contributed by atoms with Gasteiger partial charge in [-0.15, -0.1) is 0 Å². The molecule has 2 atom stereocenters. The summed E-state index contributed by atoms with van der Waals surface area (Å²) < 4.78 is 51.6. The lowest BCUT2D eigenvalue weighted by Crippen LogP contribution is -2.28. The summed E-state index contributed by atoms with van der Waals surface area (Å²) in [6.07, 6.45) is 12.2. The van der Waals surface area contributed by atoms with Gasteiger partial charge in [-0.1, -0.05) is 24.8 Å². The van der Waals surface area contributed by atoms with E-state index in [2.05, 4.69) is 37.5 Å². The van der Waals surface area contributed by atoms with Gasteiger partial charge in [-0.3, -0.25) is 4.98 Å². The molecular formula is C38H49F3N2O3. The molecule has 0 spiro atoms. The number of alkyl halides is 2. The van der Waals surface area contributed by atoms with Crippen LogP contribution in [0.15, 0.2) is 61.0 Å². The van der Waals surface area contributed by atoms with Crippen LogP contribution in [0.5, 0.6) is 0 Å². The Hall–Kier alpha value is -3.23. The van der Waals surface area contributed by atoms with Crippen LogP contribution in [0.4, 0.5) is 13.2 Å². The molecule has 1 saturated carbocycles. The largest absolute Gasteiger partial charge is 0.500 e. The highest BCUT2D eigenvalue weighted by Crippen LogP contribution is 2.61. The number of hydrogen-bond donors (Lipinski definition) is 1. The minimum absolute atomic E-state index is 0.262. The van der Waals surface area contributed by atoms with Gasteiger partial charge in [0.25, 0.3) is 5.92 Å². The maximum atomic E-state index is 14.6. The van der Waals surface area contributed by atoms with Crippen molar-refractivity contribution in [2.24, 2.45) is 11.3 Å². The van der Waals surface area contributed by atoms with Crippen molar-refractivity contribution in [1.29, 1.82) is 0 Å². The van der Waals surface area contributed by atoms with Crippen molar-refractivity contribution in [3.8, 4) is 11.3 Å². The Balaban J connectivity index is 0.000000310. The molecule has 1 unspecified atom stereocenters. The van der Waals surface area contributed by atoms with Crippen molar-refractivity contribution in [3.05, 3.63) is 83.5 Å². The number of rotatable bonds is 11. The smallest absolute Gasteiger partial charge is 0.257 e. The quantitative estimate of drug-likeness (QED) is 0.168. The molecule has 1 aliphatic heterocycles. The van der Waals surface area contributed by atoms with Crippen molar-refractivity contribution in [2.75, 3.05) is 13.7 Å². The number of nitrogens with zero attached hydrogens (tertiary/aromatic N) is 2. The molecule has 1 N–H and O–H groups in total. The molecular weight excluding hydrogens is 589 g/mol. The predicted octanol–water partition coefficient (Wildman–Crippen LogP) is 9.33.